The van der Waals surface area contributed by atoms with Crippen molar-refractivity contribution in [3.63, 3.8) is 0 Å². The molecule has 116 valence electrons. The summed E-state index contributed by atoms with van der Waals surface area (Å²) in [4.78, 5) is 11.1. The Morgan fingerprint density at radius 2 is 1.82 bits per heavy atom. The largest absolute Gasteiger partial charge is 0.487 e. The topological polar surface area (TPSA) is 46.5 Å². The quantitative estimate of drug-likeness (QED) is 0.579. The molecule has 22 heavy (non-hydrogen) atoms. The molecule has 0 saturated carbocycles. The molecule has 0 aliphatic heterocycles. The summed E-state index contributed by atoms with van der Waals surface area (Å²) in [5.41, 5.74) is 1.75. The maximum absolute atomic E-state index is 11.1. The molecule has 0 fully saturated rings. The van der Waals surface area contributed by atoms with Gasteiger partial charge in [-0.2, -0.15) is 0 Å². The third kappa shape index (κ3) is 4.33. The van der Waals surface area contributed by atoms with E-state index >= 15 is 0 Å². The third-order valence-electron chi connectivity index (χ3n) is 3.16. The van der Waals surface area contributed by atoms with Crippen LogP contribution in [0.4, 0.5) is 0 Å². The van der Waals surface area contributed by atoms with Crippen LogP contribution in [-0.4, -0.2) is 11.1 Å². The molecule has 0 saturated heterocycles. The van der Waals surface area contributed by atoms with Gasteiger partial charge in [-0.3, -0.25) is 4.79 Å². The van der Waals surface area contributed by atoms with E-state index < -0.39 is 11.9 Å². The zero-order chi connectivity index (χ0) is 16.3. The van der Waals surface area contributed by atoms with Crippen LogP contribution < -0.4 is 4.74 Å². The van der Waals surface area contributed by atoms with Gasteiger partial charge in [0, 0.05) is 4.47 Å². The van der Waals surface area contributed by atoms with E-state index in [2.05, 4.69) is 47.8 Å². The Kier molecular flexibility index (Phi) is 6.06. The lowest BCUT2D eigenvalue weighted by Gasteiger charge is -2.14. The maximum Gasteiger partial charge on any atom is 0.310 e. The van der Waals surface area contributed by atoms with Gasteiger partial charge in [-0.25, -0.2) is 0 Å². The fourth-order valence-electron chi connectivity index (χ4n) is 1.89. The molecule has 0 bridgehead atoms. The fourth-order valence-corrected chi connectivity index (χ4v) is 3.79. The molecule has 0 aromatic heterocycles. The van der Waals surface area contributed by atoms with Crippen molar-refractivity contribution >= 4 is 53.8 Å². The zero-order valence-corrected chi connectivity index (χ0v) is 16.4. The molecule has 3 nitrogen and oxygen atoms in total. The van der Waals surface area contributed by atoms with Gasteiger partial charge < -0.3 is 9.84 Å². The Labute approximate surface area is 154 Å². The molecule has 2 aromatic carbocycles. The van der Waals surface area contributed by atoms with Crippen molar-refractivity contribution in [2.75, 3.05) is 0 Å². The number of hydrogen-bond acceptors (Lipinski definition) is 2. The van der Waals surface area contributed by atoms with Crippen LogP contribution in [0.25, 0.3) is 0 Å². The lowest BCUT2D eigenvalue weighted by atomic mass is 10.0. The summed E-state index contributed by atoms with van der Waals surface area (Å²) in [7, 11) is 0. The number of hydrogen-bond donors (Lipinski definition) is 1. The normalized spacial score (nSPS) is 12.0. The highest BCUT2D eigenvalue weighted by molar-refractivity contribution is 9.11. The molecule has 2 aromatic rings. The molecule has 1 unspecified atom stereocenters. The molecular formula is C16H13Br3O3. The van der Waals surface area contributed by atoms with Gasteiger partial charge in [0.15, 0.2) is 0 Å². The summed E-state index contributed by atoms with van der Waals surface area (Å²) >= 11 is 10.3. The average molecular weight is 493 g/mol. The Balaban J connectivity index is 2.20. The number of rotatable bonds is 5. The highest BCUT2D eigenvalue weighted by Gasteiger charge is 2.17. The van der Waals surface area contributed by atoms with E-state index in [1.807, 2.05) is 24.3 Å². The summed E-state index contributed by atoms with van der Waals surface area (Å²) in [6.07, 6.45) is 0. The second kappa shape index (κ2) is 7.62. The molecule has 2 rings (SSSR count). The van der Waals surface area contributed by atoms with Crippen LogP contribution in [0.1, 0.15) is 24.0 Å². The van der Waals surface area contributed by atoms with Crippen LogP contribution >= 0.6 is 47.8 Å². The molecule has 0 radical (unpaired) electrons. The monoisotopic (exact) mass is 490 g/mol. The summed E-state index contributed by atoms with van der Waals surface area (Å²) in [5.74, 6) is -0.783. The van der Waals surface area contributed by atoms with Gasteiger partial charge in [-0.15, -0.1) is 0 Å². The van der Waals surface area contributed by atoms with Gasteiger partial charge in [-0.05, 0) is 74.2 Å². The molecule has 1 N–H and O–H groups in total. The first kappa shape index (κ1) is 17.5. The van der Waals surface area contributed by atoms with Gasteiger partial charge in [-0.1, -0.05) is 28.1 Å². The van der Waals surface area contributed by atoms with Crippen molar-refractivity contribution in [2.24, 2.45) is 0 Å². The van der Waals surface area contributed by atoms with Crippen molar-refractivity contribution in [3.05, 3.63) is 60.9 Å². The lowest BCUT2D eigenvalue weighted by Crippen LogP contribution is -2.08. The van der Waals surface area contributed by atoms with Gasteiger partial charge in [0.05, 0.1) is 14.9 Å². The Morgan fingerprint density at radius 3 is 2.36 bits per heavy atom. The number of benzene rings is 2. The van der Waals surface area contributed by atoms with E-state index in [0.29, 0.717) is 17.9 Å². The minimum atomic E-state index is -0.860. The van der Waals surface area contributed by atoms with Crippen LogP contribution in [0.5, 0.6) is 5.75 Å². The predicted octanol–water partition coefficient (Wildman–Crippen LogP) is 5.74. The van der Waals surface area contributed by atoms with Crippen LogP contribution in [0.2, 0.25) is 0 Å². The van der Waals surface area contributed by atoms with Crippen molar-refractivity contribution in [1.82, 2.24) is 0 Å². The molecule has 0 amide bonds. The second-order valence-electron chi connectivity index (χ2n) is 4.79. The maximum atomic E-state index is 11.1. The SMILES string of the molecule is CC(C(=O)O)c1cc(Br)c(OCc2cccc(Br)c2)c(Br)c1. The molecule has 0 aliphatic rings. The highest BCUT2D eigenvalue weighted by Crippen LogP contribution is 2.37. The van der Waals surface area contributed by atoms with Crippen molar-refractivity contribution in [2.45, 2.75) is 19.4 Å². The van der Waals surface area contributed by atoms with Crippen molar-refractivity contribution in [3.8, 4) is 5.75 Å². The molecule has 1 atom stereocenters. The standard InChI is InChI=1S/C16H13Br3O3/c1-9(16(20)21)11-6-13(18)15(14(19)7-11)22-8-10-3-2-4-12(17)5-10/h2-7,9H,8H2,1H3,(H,20,21). The Hall–Kier alpha value is -0.850. The first-order valence-electron chi connectivity index (χ1n) is 6.47. The smallest absolute Gasteiger partial charge is 0.310 e. The Bertz CT molecular complexity index is 678. The minimum absolute atomic E-state index is 0.421. The van der Waals surface area contributed by atoms with Crippen LogP contribution in [-0.2, 0) is 11.4 Å². The number of ether oxygens (including phenoxy) is 1. The fraction of sp³-hybridized carbons (Fsp3) is 0.188. The summed E-state index contributed by atoms with van der Waals surface area (Å²) < 4.78 is 8.28. The first-order chi connectivity index (χ1) is 10.4. The van der Waals surface area contributed by atoms with E-state index in [9.17, 15) is 4.79 Å². The molecule has 0 spiro atoms. The molecular weight excluding hydrogens is 480 g/mol. The molecule has 6 heteroatoms. The van der Waals surface area contributed by atoms with Gasteiger partial charge >= 0.3 is 5.97 Å². The van der Waals surface area contributed by atoms with Crippen LogP contribution in [0.3, 0.4) is 0 Å². The first-order valence-corrected chi connectivity index (χ1v) is 8.85. The predicted molar refractivity (Wildman–Crippen MR) is 96.4 cm³/mol. The summed E-state index contributed by atoms with van der Waals surface area (Å²) in [6.45, 7) is 2.07. The van der Waals surface area contributed by atoms with E-state index in [0.717, 1.165) is 19.0 Å². The van der Waals surface area contributed by atoms with Gasteiger partial charge in [0.25, 0.3) is 0 Å². The Morgan fingerprint density at radius 1 is 1.18 bits per heavy atom. The summed E-state index contributed by atoms with van der Waals surface area (Å²) in [5, 5.41) is 9.10. The number of aliphatic carboxylic acids is 1. The van der Waals surface area contributed by atoms with Crippen LogP contribution in [0.15, 0.2) is 49.8 Å². The second-order valence-corrected chi connectivity index (χ2v) is 7.42. The number of halogens is 3. The zero-order valence-electron chi connectivity index (χ0n) is 11.6. The van der Waals surface area contributed by atoms with E-state index in [1.54, 1.807) is 19.1 Å². The number of carboxylic acid groups (broad SMARTS) is 1. The average Bonchev–Trinajstić information content (AvgIpc) is 2.45. The van der Waals surface area contributed by atoms with Crippen molar-refractivity contribution < 1.29 is 14.6 Å². The lowest BCUT2D eigenvalue weighted by molar-refractivity contribution is -0.138. The number of carbonyl (C=O) groups is 1. The van der Waals surface area contributed by atoms with Crippen LogP contribution in [0, 0.1) is 0 Å². The summed E-state index contributed by atoms with van der Waals surface area (Å²) in [6, 6.07) is 11.4. The molecule has 0 aliphatic carbocycles. The van der Waals surface area contributed by atoms with E-state index in [4.69, 9.17) is 9.84 Å². The third-order valence-corrected chi connectivity index (χ3v) is 4.83. The van der Waals surface area contributed by atoms with E-state index in [1.165, 1.54) is 0 Å². The highest BCUT2D eigenvalue weighted by atomic mass is 79.9. The number of carboxylic acids is 1. The minimum Gasteiger partial charge on any atom is -0.487 e. The van der Waals surface area contributed by atoms with Gasteiger partial charge in [0.2, 0.25) is 0 Å². The van der Waals surface area contributed by atoms with Gasteiger partial charge in [0.1, 0.15) is 12.4 Å². The van der Waals surface area contributed by atoms with Crippen molar-refractivity contribution in [1.29, 1.82) is 0 Å². The molecule has 0 heterocycles. The van der Waals surface area contributed by atoms with E-state index in [-0.39, 0.29) is 0 Å².